The predicted octanol–water partition coefficient (Wildman–Crippen LogP) is 6.34. The summed E-state index contributed by atoms with van der Waals surface area (Å²) in [7, 11) is -2.33. The van der Waals surface area contributed by atoms with Gasteiger partial charge in [0.2, 0.25) is 0 Å². The van der Waals surface area contributed by atoms with Crippen LogP contribution in [0.4, 0.5) is 0 Å². The molecular weight excluding hydrogens is 425 g/mol. The topological polar surface area (TPSA) is 12.9 Å². The maximum atomic E-state index is 5.19. The standard InChI is InChI=1S/C29H26NPS/c1-23-29(24-14-6-2-7-15-24)30-28(32-23)22-31(25-16-8-3-9-17-25,26-18-10-4-11-19-26)27-20-12-5-13-21-27/h2-21,31H,22H2,1H3. The summed E-state index contributed by atoms with van der Waals surface area (Å²) in [4.78, 5) is 6.48. The van der Waals surface area contributed by atoms with Crippen LogP contribution in [0.25, 0.3) is 11.3 Å². The molecule has 3 heteroatoms. The first-order chi connectivity index (χ1) is 15.8. The zero-order chi connectivity index (χ0) is 21.8. The summed E-state index contributed by atoms with van der Waals surface area (Å²) in [5.41, 5.74) is 2.31. The van der Waals surface area contributed by atoms with Crippen molar-refractivity contribution in [2.45, 2.75) is 13.1 Å². The summed E-state index contributed by atoms with van der Waals surface area (Å²) in [5, 5.41) is 5.48. The van der Waals surface area contributed by atoms with Crippen LogP contribution in [-0.4, -0.2) is 4.98 Å². The Balaban J connectivity index is 1.71. The van der Waals surface area contributed by atoms with E-state index < -0.39 is 7.26 Å². The Labute approximate surface area is 194 Å². The second kappa shape index (κ2) is 9.20. The van der Waals surface area contributed by atoms with E-state index in [1.165, 1.54) is 31.4 Å². The normalized spacial score (nSPS) is 11.9. The van der Waals surface area contributed by atoms with Crippen molar-refractivity contribution in [3.63, 3.8) is 0 Å². The van der Waals surface area contributed by atoms with Gasteiger partial charge in [0.1, 0.15) is 0 Å². The first-order valence-corrected chi connectivity index (χ1v) is 14.0. The van der Waals surface area contributed by atoms with E-state index in [-0.39, 0.29) is 0 Å². The van der Waals surface area contributed by atoms with E-state index in [0.29, 0.717) is 0 Å². The third-order valence-corrected chi connectivity index (χ3v) is 12.2. The number of aromatic nitrogens is 1. The van der Waals surface area contributed by atoms with Crippen LogP contribution in [0.1, 0.15) is 9.88 Å². The number of hydrogen-bond donors (Lipinski definition) is 0. The summed E-state index contributed by atoms with van der Waals surface area (Å²) in [5.74, 6) is 0. The van der Waals surface area contributed by atoms with Gasteiger partial charge in [-0.25, -0.2) is 0 Å². The molecule has 0 amide bonds. The quantitative estimate of drug-likeness (QED) is 0.274. The number of hydrogen-bond acceptors (Lipinski definition) is 2. The zero-order valence-corrected chi connectivity index (χ0v) is 19.9. The zero-order valence-electron chi connectivity index (χ0n) is 18.1. The summed E-state index contributed by atoms with van der Waals surface area (Å²) in [6.07, 6.45) is 0.948. The minimum absolute atomic E-state index is 0.948. The Morgan fingerprint density at radius 1 is 0.594 bits per heavy atom. The summed E-state index contributed by atoms with van der Waals surface area (Å²) < 4.78 is 0. The summed E-state index contributed by atoms with van der Waals surface area (Å²) >= 11 is 1.84. The van der Waals surface area contributed by atoms with E-state index in [0.717, 1.165) is 11.9 Å². The summed E-state index contributed by atoms with van der Waals surface area (Å²) in [6.45, 7) is 2.19. The number of thiazole rings is 1. The van der Waals surface area contributed by atoms with Gasteiger partial charge in [-0.05, 0) is 0 Å². The molecule has 0 aliphatic carbocycles. The molecule has 1 aromatic heterocycles. The number of nitrogens with zero attached hydrogens (tertiary/aromatic N) is 1. The molecular formula is C29H26NPS. The van der Waals surface area contributed by atoms with E-state index in [4.69, 9.17) is 4.98 Å². The van der Waals surface area contributed by atoms with Crippen LogP contribution in [-0.2, 0) is 6.16 Å². The van der Waals surface area contributed by atoms with Crippen molar-refractivity contribution in [2.75, 3.05) is 0 Å². The molecule has 0 radical (unpaired) electrons. The van der Waals surface area contributed by atoms with E-state index in [9.17, 15) is 0 Å². The predicted molar refractivity (Wildman–Crippen MR) is 143 cm³/mol. The third-order valence-electron chi connectivity index (χ3n) is 6.10. The van der Waals surface area contributed by atoms with Crippen molar-refractivity contribution in [2.24, 2.45) is 0 Å². The molecule has 1 nitrogen and oxygen atoms in total. The van der Waals surface area contributed by atoms with Gasteiger partial charge in [0.05, 0.1) is 0 Å². The molecule has 1 heterocycles. The Morgan fingerprint density at radius 3 is 1.44 bits per heavy atom. The molecule has 5 rings (SSSR count). The van der Waals surface area contributed by atoms with Gasteiger partial charge in [0.25, 0.3) is 0 Å². The average Bonchev–Trinajstić information content (AvgIpc) is 3.24. The van der Waals surface area contributed by atoms with Crippen molar-refractivity contribution in [3.05, 3.63) is 131 Å². The molecule has 0 N–H and O–H groups in total. The Bertz CT molecular complexity index is 1190. The van der Waals surface area contributed by atoms with Crippen molar-refractivity contribution < 1.29 is 0 Å². The van der Waals surface area contributed by atoms with Crippen LogP contribution in [0.5, 0.6) is 0 Å². The fraction of sp³-hybridized carbons (Fsp3) is 0.0690. The second-order valence-electron chi connectivity index (χ2n) is 8.06. The van der Waals surface area contributed by atoms with Crippen molar-refractivity contribution >= 4 is 34.5 Å². The molecule has 0 spiro atoms. The van der Waals surface area contributed by atoms with E-state index in [1.807, 2.05) is 11.3 Å². The first kappa shape index (κ1) is 20.8. The molecule has 0 aliphatic rings. The van der Waals surface area contributed by atoms with E-state index in [2.05, 4.69) is 128 Å². The first-order valence-electron chi connectivity index (χ1n) is 11.0. The molecule has 32 heavy (non-hydrogen) atoms. The molecule has 0 bridgehead atoms. The van der Waals surface area contributed by atoms with Gasteiger partial charge in [-0.3, -0.25) is 0 Å². The van der Waals surface area contributed by atoms with E-state index >= 15 is 0 Å². The molecule has 0 saturated carbocycles. The maximum absolute atomic E-state index is 5.19. The molecule has 0 unspecified atom stereocenters. The van der Waals surface area contributed by atoms with Gasteiger partial charge in [0.15, 0.2) is 0 Å². The van der Waals surface area contributed by atoms with Gasteiger partial charge in [-0.1, -0.05) is 0 Å². The molecule has 0 aliphatic heterocycles. The molecule has 0 saturated heterocycles. The van der Waals surface area contributed by atoms with Crippen LogP contribution in [0.15, 0.2) is 121 Å². The van der Waals surface area contributed by atoms with Crippen LogP contribution in [0.3, 0.4) is 0 Å². The Hall–Kier alpha value is -3.06. The third kappa shape index (κ3) is 3.93. The molecule has 5 aromatic rings. The average molecular weight is 452 g/mol. The fourth-order valence-corrected chi connectivity index (χ4v) is 10.7. The number of rotatable bonds is 6. The second-order valence-corrected chi connectivity index (χ2v) is 13.2. The molecule has 4 aromatic carbocycles. The summed E-state index contributed by atoms with van der Waals surface area (Å²) in [6, 6.07) is 43.8. The van der Waals surface area contributed by atoms with Crippen LogP contribution in [0, 0.1) is 6.92 Å². The van der Waals surface area contributed by atoms with Crippen LogP contribution >= 0.6 is 18.6 Å². The molecule has 0 fully saturated rings. The van der Waals surface area contributed by atoms with Crippen molar-refractivity contribution in [1.29, 1.82) is 0 Å². The van der Waals surface area contributed by atoms with E-state index in [1.54, 1.807) is 0 Å². The van der Waals surface area contributed by atoms with Gasteiger partial charge < -0.3 is 0 Å². The molecule has 0 atom stereocenters. The van der Waals surface area contributed by atoms with Gasteiger partial charge in [-0.2, -0.15) is 0 Å². The van der Waals surface area contributed by atoms with Gasteiger partial charge in [0, 0.05) is 0 Å². The van der Waals surface area contributed by atoms with Crippen molar-refractivity contribution in [1.82, 2.24) is 4.98 Å². The monoisotopic (exact) mass is 451 g/mol. The number of aryl methyl sites for hydroxylation is 1. The Kier molecular flexibility index (Phi) is 5.99. The number of benzene rings is 4. The Morgan fingerprint density at radius 2 is 1.00 bits per heavy atom. The van der Waals surface area contributed by atoms with Crippen LogP contribution < -0.4 is 15.9 Å². The van der Waals surface area contributed by atoms with Crippen molar-refractivity contribution in [3.8, 4) is 11.3 Å². The van der Waals surface area contributed by atoms with Gasteiger partial charge in [-0.15, -0.1) is 0 Å². The minimum atomic E-state index is -2.33. The van der Waals surface area contributed by atoms with Gasteiger partial charge >= 0.3 is 195 Å². The molecule has 158 valence electrons. The fourth-order valence-electron chi connectivity index (χ4n) is 4.59. The SMILES string of the molecule is Cc1sc(C[PH](c2ccccc2)(c2ccccc2)c2ccccc2)nc1-c1ccccc1. The van der Waals surface area contributed by atoms with Crippen LogP contribution in [0.2, 0.25) is 0 Å².